The van der Waals surface area contributed by atoms with E-state index < -0.39 is 35.4 Å². The number of carbonyl (C=O) groups excluding carboxylic acids is 2. The Balaban J connectivity index is 1.69. The summed E-state index contributed by atoms with van der Waals surface area (Å²) in [6.07, 6.45) is -1.16. The maximum absolute atomic E-state index is 14.2. The molecule has 0 fully saturated rings. The van der Waals surface area contributed by atoms with E-state index in [4.69, 9.17) is 30.9 Å². The first-order valence-corrected chi connectivity index (χ1v) is 15.0. The van der Waals surface area contributed by atoms with Crippen LogP contribution in [0.15, 0.2) is 60.7 Å². The third kappa shape index (κ3) is 8.33. The number of halogens is 1. The number of methoxy groups -OCH3 is 2. The highest BCUT2D eigenvalue weighted by atomic mass is 35.5. The van der Waals surface area contributed by atoms with Crippen LogP contribution in [0, 0.1) is 5.41 Å². The second kappa shape index (κ2) is 14.8. The van der Waals surface area contributed by atoms with Crippen LogP contribution < -0.4 is 19.7 Å². The fourth-order valence-corrected chi connectivity index (χ4v) is 5.46. The lowest BCUT2D eigenvalue weighted by molar-refractivity contribution is -0.137. The molecule has 3 aromatic rings. The molecule has 0 radical (unpaired) electrons. The smallest absolute Gasteiger partial charge is 0.303 e. The van der Waals surface area contributed by atoms with E-state index in [1.807, 2.05) is 32.0 Å². The van der Waals surface area contributed by atoms with E-state index in [0.717, 1.165) is 5.56 Å². The van der Waals surface area contributed by atoms with Gasteiger partial charge in [-0.15, -0.1) is 0 Å². The number of nitrogens with zero attached hydrogens (tertiary/aromatic N) is 1. The zero-order valence-electron chi connectivity index (χ0n) is 25.8. The lowest BCUT2D eigenvalue weighted by atomic mass is 9.92. The number of aryl methyl sites for hydroxylation is 1. The topological polar surface area (TPSA) is 135 Å². The number of rotatable bonds is 13. The summed E-state index contributed by atoms with van der Waals surface area (Å²) in [5, 5.41) is 22.2. The van der Waals surface area contributed by atoms with Gasteiger partial charge in [-0.2, -0.15) is 0 Å². The van der Waals surface area contributed by atoms with Crippen molar-refractivity contribution in [2.75, 3.05) is 37.6 Å². The fourth-order valence-electron chi connectivity index (χ4n) is 5.28. The zero-order chi connectivity index (χ0) is 32.7. The third-order valence-corrected chi connectivity index (χ3v) is 7.83. The average molecular weight is 639 g/mol. The molecule has 3 aromatic carbocycles. The number of carboxylic acids is 1. The molecule has 0 unspecified atom stereocenters. The predicted octanol–water partition coefficient (Wildman–Crippen LogP) is 5.63. The van der Waals surface area contributed by atoms with Crippen LogP contribution >= 0.6 is 11.6 Å². The Labute approximate surface area is 267 Å². The van der Waals surface area contributed by atoms with Gasteiger partial charge in [0.1, 0.15) is 12.2 Å². The molecule has 0 spiro atoms. The van der Waals surface area contributed by atoms with Crippen LogP contribution in [0.25, 0.3) is 0 Å². The number of nitrogens with one attached hydrogen (secondary N) is 1. The summed E-state index contributed by atoms with van der Waals surface area (Å²) < 4.78 is 17.8. The predicted molar refractivity (Wildman–Crippen MR) is 171 cm³/mol. The molecular formula is C34H39ClN2O8. The lowest BCUT2D eigenvalue weighted by Gasteiger charge is -2.32. The van der Waals surface area contributed by atoms with E-state index in [1.165, 1.54) is 14.2 Å². The quantitative estimate of drug-likeness (QED) is 0.219. The summed E-state index contributed by atoms with van der Waals surface area (Å²) in [6.45, 7) is 3.67. The largest absolute Gasteiger partial charge is 0.493 e. The molecule has 45 heavy (non-hydrogen) atoms. The average Bonchev–Trinajstić information content (AvgIpc) is 3.11. The Morgan fingerprint density at radius 1 is 1.04 bits per heavy atom. The van der Waals surface area contributed by atoms with Gasteiger partial charge in [-0.25, -0.2) is 0 Å². The van der Waals surface area contributed by atoms with Crippen LogP contribution in [-0.4, -0.2) is 61.5 Å². The molecule has 0 aliphatic carbocycles. The van der Waals surface area contributed by atoms with Crippen molar-refractivity contribution >= 4 is 40.8 Å². The minimum absolute atomic E-state index is 0.0825. The van der Waals surface area contributed by atoms with E-state index in [9.17, 15) is 19.5 Å². The minimum Gasteiger partial charge on any atom is -0.493 e. The van der Waals surface area contributed by atoms with Crippen LogP contribution in [0.2, 0.25) is 5.02 Å². The van der Waals surface area contributed by atoms with Gasteiger partial charge in [0.25, 0.3) is 5.91 Å². The van der Waals surface area contributed by atoms with E-state index in [-0.39, 0.29) is 26.0 Å². The molecule has 0 bridgehead atoms. The number of hydrogen-bond acceptors (Lipinski definition) is 7. The summed E-state index contributed by atoms with van der Waals surface area (Å²) in [5.41, 5.74) is 2.53. The highest BCUT2D eigenvalue weighted by molar-refractivity contribution is 6.30. The molecule has 10 nitrogen and oxygen atoms in total. The Bertz CT molecular complexity index is 1530. The van der Waals surface area contributed by atoms with Gasteiger partial charge in [-0.3, -0.25) is 14.4 Å². The monoisotopic (exact) mass is 638 g/mol. The molecule has 2 atom stereocenters. The van der Waals surface area contributed by atoms with E-state index in [1.54, 1.807) is 47.4 Å². The Hall–Kier alpha value is -4.12. The molecule has 1 aliphatic heterocycles. The summed E-state index contributed by atoms with van der Waals surface area (Å²) in [7, 11) is 3.04. The summed E-state index contributed by atoms with van der Waals surface area (Å²) in [5.74, 6) is -0.830. The van der Waals surface area contributed by atoms with Gasteiger partial charge in [0.2, 0.25) is 5.91 Å². The van der Waals surface area contributed by atoms with Crippen LogP contribution in [0.3, 0.4) is 0 Å². The second-order valence-corrected chi connectivity index (χ2v) is 12.2. The molecule has 0 aromatic heterocycles. The normalized spacial score (nSPS) is 16.5. The molecule has 2 amide bonds. The Morgan fingerprint density at radius 3 is 2.42 bits per heavy atom. The van der Waals surface area contributed by atoms with Gasteiger partial charge in [0.15, 0.2) is 11.5 Å². The van der Waals surface area contributed by atoms with Crippen molar-refractivity contribution in [3.05, 3.63) is 82.4 Å². The number of aliphatic hydroxyl groups is 1. The SMILES string of the molecule is COc1cccc([C@H]2O[C@H](CC(=O)Nc3ccc(CCCC(=O)O)cc3)C(=O)N(CC(C)(C)CO)c3ccc(Cl)cc32)c1OC. The number of hydrogen-bond donors (Lipinski definition) is 3. The number of carbonyl (C=O) groups is 3. The first-order valence-electron chi connectivity index (χ1n) is 14.6. The van der Waals surface area contributed by atoms with Crippen molar-refractivity contribution in [3.63, 3.8) is 0 Å². The van der Waals surface area contributed by atoms with Crippen molar-refractivity contribution in [3.8, 4) is 11.5 Å². The van der Waals surface area contributed by atoms with Gasteiger partial charge < -0.3 is 34.6 Å². The fraction of sp³-hybridized carbons (Fsp3) is 0.382. The van der Waals surface area contributed by atoms with E-state index in [0.29, 0.717) is 51.9 Å². The zero-order valence-corrected chi connectivity index (χ0v) is 26.6. The highest BCUT2D eigenvalue weighted by Crippen LogP contribution is 2.45. The third-order valence-electron chi connectivity index (χ3n) is 7.60. The molecule has 1 heterocycles. The van der Waals surface area contributed by atoms with Gasteiger partial charge in [-0.05, 0) is 54.8 Å². The first-order chi connectivity index (χ1) is 21.5. The Morgan fingerprint density at radius 2 is 1.78 bits per heavy atom. The number of aliphatic hydroxyl groups excluding tert-OH is 1. The van der Waals surface area contributed by atoms with E-state index >= 15 is 0 Å². The molecule has 3 N–H and O–H groups in total. The van der Waals surface area contributed by atoms with Crippen molar-refractivity contribution in [1.29, 1.82) is 0 Å². The summed E-state index contributed by atoms with van der Waals surface area (Å²) >= 11 is 6.48. The molecule has 240 valence electrons. The molecule has 11 heteroatoms. The van der Waals surface area contributed by atoms with Crippen molar-refractivity contribution in [2.45, 2.75) is 51.7 Å². The van der Waals surface area contributed by atoms with Gasteiger partial charge >= 0.3 is 5.97 Å². The molecule has 0 saturated heterocycles. The maximum Gasteiger partial charge on any atom is 0.303 e. The number of fused-ring (bicyclic) bond motifs is 1. The Kier molecular flexibility index (Phi) is 11.1. The molecule has 4 rings (SSSR count). The molecule has 1 aliphatic rings. The van der Waals surface area contributed by atoms with Crippen LogP contribution in [-0.2, 0) is 25.5 Å². The number of benzene rings is 3. The van der Waals surface area contributed by atoms with Crippen LogP contribution in [0.4, 0.5) is 11.4 Å². The maximum atomic E-state index is 14.2. The van der Waals surface area contributed by atoms with Crippen molar-refractivity contribution in [1.82, 2.24) is 0 Å². The van der Waals surface area contributed by atoms with Crippen LogP contribution in [0.1, 0.15) is 55.9 Å². The van der Waals surface area contributed by atoms with Crippen LogP contribution in [0.5, 0.6) is 11.5 Å². The van der Waals surface area contributed by atoms with Gasteiger partial charge in [0.05, 0.1) is 20.6 Å². The number of carboxylic acid groups (broad SMARTS) is 1. The minimum atomic E-state index is -1.21. The van der Waals surface area contributed by atoms with Crippen molar-refractivity contribution in [2.24, 2.45) is 5.41 Å². The van der Waals surface area contributed by atoms with Gasteiger partial charge in [-0.1, -0.05) is 49.7 Å². The summed E-state index contributed by atoms with van der Waals surface area (Å²) in [6, 6.07) is 17.6. The second-order valence-electron chi connectivity index (χ2n) is 11.7. The van der Waals surface area contributed by atoms with E-state index in [2.05, 4.69) is 5.32 Å². The number of anilines is 2. The highest BCUT2D eigenvalue weighted by Gasteiger charge is 2.40. The lowest BCUT2D eigenvalue weighted by Crippen LogP contribution is -2.46. The first kappa shape index (κ1) is 33.8. The number of amides is 2. The van der Waals surface area contributed by atoms with Crippen molar-refractivity contribution < 1.29 is 38.8 Å². The van der Waals surface area contributed by atoms with Gasteiger partial charge in [0, 0.05) is 52.5 Å². The molecular weight excluding hydrogens is 600 g/mol. The number of aliphatic carboxylic acids is 1. The standard InChI is InChI=1S/C34H39ClN2O8/c1-34(2,20-38)19-37-26-16-13-22(35)17-25(26)31(24-8-6-9-27(43-3)32(24)44-4)45-28(33(37)42)18-29(39)36-23-14-11-21(12-15-23)7-5-10-30(40)41/h6,8-9,11-17,28,31,38H,5,7,10,18-20H2,1-4H3,(H,36,39)(H,40,41)/t28-,31-/m1/s1. The summed E-state index contributed by atoms with van der Waals surface area (Å²) in [4.78, 5) is 40.0. The number of para-hydroxylation sites is 1. The number of ether oxygens (including phenoxy) is 3. The molecule has 0 saturated carbocycles.